The van der Waals surface area contributed by atoms with Crippen LogP contribution in [0.3, 0.4) is 0 Å². The molecule has 74 valence electrons. The maximum atomic E-state index is 4.32. The Kier molecular flexibility index (Phi) is 2.18. The van der Waals surface area contributed by atoms with E-state index in [0.717, 1.165) is 31.5 Å². The number of nitrogens with zero attached hydrogens (tertiary/aromatic N) is 1. The van der Waals surface area contributed by atoms with Gasteiger partial charge in [0.25, 0.3) is 0 Å². The number of rotatable bonds is 3. The zero-order chi connectivity index (χ0) is 9.31. The third-order valence-corrected chi connectivity index (χ3v) is 3.40. The minimum atomic E-state index is 0.576. The van der Waals surface area contributed by atoms with Crippen LogP contribution in [0.15, 0.2) is 4.99 Å². The van der Waals surface area contributed by atoms with E-state index in [1.807, 2.05) is 0 Å². The molecular weight excluding hydrogens is 162 g/mol. The van der Waals surface area contributed by atoms with Crippen LogP contribution in [0, 0.1) is 11.3 Å². The van der Waals surface area contributed by atoms with E-state index in [1.54, 1.807) is 0 Å². The number of nitrogens with one attached hydrogen (secondary N) is 2. The van der Waals surface area contributed by atoms with Crippen LogP contribution in [-0.4, -0.2) is 25.6 Å². The van der Waals surface area contributed by atoms with Crippen molar-refractivity contribution >= 4 is 5.96 Å². The monoisotopic (exact) mass is 181 g/mol. The second-order valence-electron chi connectivity index (χ2n) is 4.53. The molecule has 0 spiro atoms. The molecule has 0 aromatic heterocycles. The topological polar surface area (TPSA) is 36.4 Å². The van der Waals surface area contributed by atoms with Crippen LogP contribution in [0.1, 0.15) is 26.7 Å². The smallest absolute Gasteiger partial charge is 0.191 e. The third kappa shape index (κ3) is 1.79. The Morgan fingerprint density at radius 3 is 2.77 bits per heavy atom. The van der Waals surface area contributed by atoms with Gasteiger partial charge in [0, 0.05) is 13.1 Å². The van der Waals surface area contributed by atoms with E-state index in [9.17, 15) is 0 Å². The van der Waals surface area contributed by atoms with Gasteiger partial charge in [0.05, 0.1) is 6.54 Å². The van der Waals surface area contributed by atoms with Crippen molar-refractivity contribution in [1.82, 2.24) is 10.6 Å². The maximum Gasteiger partial charge on any atom is 0.191 e. The van der Waals surface area contributed by atoms with Crippen LogP contribution in [0.25, 0.3) is 0 Å². The molecule has 13 heavy (non-hydrogen) atoms. The SMILES string of the molecule is CC(C)C1(CNC2=NCCN2)CC1. The Bertz CT molecular complexity index is 216. The predicted octanol–water partition coefficient (Wildman–Crippen LogP) is 0.971. The molecule has 1 heterocycles. The minimum Gasteiger partial charge on any atom is -0.356 e. The first kappa shape index (κ1) is 8.85. The zero-order valence-electron chi connectivity index (χ0n) is 8.56. The van der Waals surface area contributed by atoms with Gasteiger partial charge in [-0.2, -0.15) is 0 Å². The lowest BCUT2D eigenvalue weighted by Crippen LogP contribution is -2.38. The van der Waals surface area contributed by atoms with E-state index in [4.69, 9.17) is 0 Å². The molecule has 1 aliphatic carbocycles. The van der Waals surface area contributed by atoms with E-state index in [-0.39, 0.29) is 0 Å². The Balaban J connectivity index is 1.79. The standard InChI is InChI=1S/C10H19N3/c1-8(2)10(3-4-10)7-13-9-11-5-6-12-9/h8H,3-7H2,1-2H3,(H2,11,12,13). The van der Waals surface area contributed by atoms with Crippen molar-refractivity contribution in [1.29, 1.82) is 0 Å². The van der Waals surface area contributed by atoms with Gasteiger partial charge in [0.2, 0.25) is 0 Å². The number of hydrogen-bond acceptors (Lipinski definition) is 3. The highest BCUT2D eigenvalue weighted by Gasteiger charge is 2.45. The van der Waals surface area contributed by atoms with E-state index in [0.29, 0.717) is 5.41 Å². The second-order valence-corrected chi connectivity index (χ2v) is 4.53. The highest BCUT2D eigenvalue weighted by Crippen LogP contribution is 2.51. The Hall–Kier alpha value is -0.730. The summed E-state index contributed by atoms with van der Waals surface area (Å²) in [5.41, 5.74) is 0.576. The van der Waals surface area contributed by atoms with Crippen LogP contribution in [0.5, 0.6) is 0 Å². The average Bonchev–Trinajstić information content (AvgIpc) is 2.73. The molecular formula is C10H19N3. The number of hydrogen-bond donors (Lipinski definition) is 2. The van der Waals surface area contributed by atoms with Crippen molar-refractivity contribution in [3.8, 4) is 0 Å². The van der Waals surface area contributed by atoms with Gasteiger partial charge in [0.1, 0.15) is 0 Å². The van der Waals surface area contributed by atoms with Crippen molar-refractivity contribution in [2.45, 2.75) is 26.7 Å². The van der Waals surface area contributed by atoms with Gasteiger partial charge in [-0.3, -0.25) is 4.99 Å². The molecule has 3 heteroatoms. The first-order chi connectivity index (χ1) is 6.23. The number of guanidine groups is 1. The molecule has 2 aliphatic rings. The molecule has 0 amide bonds. The molecule has 2 N–H and O–H groups in total. The molecule has 0 aromatic rings. The van der Waals surface area contributed by atoms with Crippen LogP contribution < -0.4 is 10.6 Å². The van der Waals surface area contributed by atoms with E-state index < -0.39 is 0 Å². The fraction of sp³-hybridized carbons (Fsp3) is 0.900. The fourth-order valence-corrected chi connectivity index (χ4v) is 1.89. The molecule has 0 radical (unpaired) electrons. The molecule has 1 saturated carbocycles. The summed E-state index contributed by atoms with van der Waals surface area (Å²) in [7, 11) is 0. The first-order valence-corrected chi connectivity index (χ1v) is 5.25. The summed E-state index contributed by atoms with van der Waals surface area (Å²) in [6.45, 7) is 7.65. The molecule has 0 aromatic carbocycles. The fourth-order valence-electron chi connectivity index (χ4n) is 1.89. The van der Waals surface area contributed by atoms with Gasteiger partial charge >= 0.3 is 0 Å². The Labute approximate surface area is 80.0 Å². The summed E-state index contributed by atoms with van der Waals surface area (Å²) in [6, 6.07) is 0. The summed E-state index contributed by atoms with van der Waals surface area (Å²) in [4.78, 5) is 4.32. The molecule has 0 saturated heterocycles. The van der Waals surface area contributed by atoms with Crippen molar-refractivity contribution in [2.24, 2.45) is 16.3 Å². The zero-order valence-corrected chi connectivity index (χ0v) is 8.56. The lowest BCUT2D eigenvalue weighted by Gasteiger charge is -2.20. The first-order valence-electron chi connectivity index (χ1n) is 5.25. The van der Waals surface area contributed by atoms with Crippen molar-refractivity contribution < 1.29 is 0 Å². The van der Waals surface area contributed by atoms with Gasteiger partial charge < -0.3 is 10.6 Å². The summed E-state index contributed by atoms with van der Waals surface area (Å²) < 4.78 is 0. The molecule has 3 nitrogen and oxygen atoms in total. The predicted molar refractivity (Wildman–Crippen MR) is 54.8 cm³/mol. The molecule has 0 bridgehead atoms. The minimum absolute atomic E-state index is 0.576. The molecule has 1 fully saturated rings. The second kappa shape index (κ2) is 3.20. The molecule has 1 aliphatic heterocycles. The highest BCUT2D eigenvalue weighted by atomic mass is 15.2. The van der Waals surface area contributed by atoms with E-state index >= 15 is 0 Å². The van der Waals surface area contributed by atoms with Crippen LogP contribution in [0.4, 0.5) is 0 Å². The summed E-state index contributed by atoms with van der Waals surface area (Å²) in [5.74, 6) is 1.80. The van der Waals surface area contributed by atoms with Crippen molar-refractivity contribution in [3.05, 3.63) is 0 Å². The third-order valence-electron chi connectivity index (χ3n) is 3.40. The van der Waals surface area contributed by atoms with Crippen molar-refractivity contribution in [2.75, 3.05) is 19.6 Å². The average molecular weight is 181 g/mol. The van der Waals surface area contributed by atoms with E-state index in [2.05, 4.69) is 29.5 Å². The van der Waals surface area contributed by atoms with E-state index in [1.165, 1.54) is 12.8 Å². The molecule has 2 rings (SSSR count). The normalized spacial score (nSPS) is 24.1. The van der Waals surface area contributed by atoms with Crippen LogP contribution >= 0.6 is 0 Å². The number of aliphatic imine (C=N–C) groups is 1. The molecule has 0 atom stereocenters. The van der Waals surface area contributed by atoms with Gasteiger partial charge in [-0.1, -0.05) is 13.8 Å². The summed E-state index contributed by atoms with van der Waals surface area (Å²) in [6.07, 6.45) is 2.76. The van der Waals surface area contributed by atoms with Crippen LogP contribution in [-0.2, 0) is 0 Å². The molecule has 0 unspecified atom stereocenters. The Morgan fingerprint density at radius 2 is 2.31 bits per heavy atom. The lowest BCUT2D eigenvalue weighted by molar-refractivity contribution is 0.356. The van der Waals surface area contributed by atoms with Crippen LogP contribution in [0.2, 0.25) is 0 Å². The Morgan fingerprint density at radius 1 is 1.54 bits per heavy atom. The largest absolute Gasteiger partial charge is 0.356 e. The lowest BCUT2D eigenvalue weighted by atomic mass is 9.92. The van der Waals surface area contributed by atoms with Gasteiger partial charge in [0.15, 0.2) is 5.96 Å². The van der Waals surface area contributed by atoms with Gasteiger partial charge in [-0.25, -0.2) is 0 Å². The van der Waals surface area contributed by atoms with Gasteiger partial charge in [-0.15, -0.1) is 0 Å². The summed E-state index contributed by atoms with van der Waals surface area (Å²) >= 11 is 0. The van der Waals surface area contributed by atoms with Gasteiger partial charge in [-0.05, 0) is 24.2 Å². The quantitative estimate of drug-likeness (QED) is 0.680. The van der Waals surface area contributed by atoms with Crippen molar-refractivity contribution in [3.63, 3.8) is 0 Å². The maximum absolute atomic E-state index is 4.32. The highest BCUT2D eigenvalue weighted by molar-refractivity contribution is 5.81. The summed E-state index contributed by atoms with van der Waals surface area (Å²) in [5, 5.41) is 6.64.